The fourth-order valence-corrected chi connectivity index (χ4v) is 1.85. The van der Waals surface area contributed by atoms with Crippen LogP contribution in [0, 0.1) is 0 Å². The third-order valence-electron chi connectivity index (χ3n) is 2.90. The topological polar surface area (TPSA) is 55.1 Å². The Morgan fingerprint density at radius 1 is 1.56 bits per heavy atom. The summed E-state index contributed by atoms with van der Waals surface area (Å²) < 4.78 is 0. The van der Waals surface area contributed by atoms with Crippen LogP contribution in [0.5, 0.6) is 0 Å². The molecule has 3 nitrogen and oxygen atoms in total. The molecule has 0 radical (unpaired) electrons. The van der Waals surface area contributed by atoms with E-state index in [2.05, 4.69) is 11.4 Å². The molecule has 0 aliphatic heterocycles. The Hall–Kier alpha value is -0.830. The van der Waals surface area contributed by atoms with Gasteiger partial charge in [-0.25, -0.2) is 0 Å². The molecule has 3 heteroatoms. The van der Waals surface area contributed by atoms with E-state index in [0.29, 0.717) is 6.42 Å². The van der Waals surface area contributed by atoms with Gasteiger partial charge in [0.25, 0.3) is 0 Å². The number of carbonyl (C=O) groups excluding carboxylic acids is 1. The van der Waals surface area contributed by atoms with E-state index < -0.39 is 0 Å². The molecule has 0 fully saturated rings. The Kier molecular flexibility index (Phi) is 5.00. The standard InChI is InChI=1S/C13H24N2O/c1-13(2,14)9-7-12(16)15-10-8-11-5-3-4-6-11/h5H,3-4,6-10,14H2,1-2H3,(H,15,16). The first-order valence-corrected chi connectivity index (χ1v) is 6.21. The smallest absolute Gasteiger partial charge is 0.220 e. The quantitative estimate of drug-likeness (QED) is 0.679. The van der Waals surface area contributed by atoms with Crippen LogP contribution in [0.1, 0.15) is 52.4 Å². The zero-order chi connectivity index (χ0) is 12.0. The number of carbonyl (C=O) groups is 1. The van der Waals surface area contributed by atoms with Crippen molar-refractivity contribution in [2.75, 3.05) is 6.54 Å². The second-order valence-electron chi connectivity index (χ2n) is 5.34. The van der Waals surface area contributed by atoms with E-state index >= 15 is 0 Å². The van der Waals surface area contributed by atoms with Crippen molar-refractivity contribution in [2.24, 2.45) is 5.73 Å². The highest BCUT2D eigenvalue weighted by Gasteiger charge is 2.13. The second kappa shape index (κ2) is 6.04. The molecule has 16 heavy (non-hydrogen) atoms. The number of rotatable bonds is 6. The largest absolute Gasteiger partial charge is 0.356 e. The molecular formula is C13H24N2O. The predicted molar refractivity (Wildman–Crippen MR) is 67.1 cm³/mol. The third-order valence-corrected chi connectivity index (χ3v) is 2.90. The van der Waals surface area contributed by atoms with Crippen molar-refractivity contribution in [3.63, 3.8) is 0 Å². The predicted octanol–water partition coefficient (Wildman–Crippen LogP) is 2.12. The van der Waals surface area contributed by atoms with Crippen molar-refractivity contribution in [3.8, 4) is 0 Å². The van der Waals surface area contributed by atoms with Crippen molar-refractivity contribution in [1.82, 2.24) is 5.32 Å². The molecule has 0 aromatic carbocycles. The summed E-state index contributed by atoms with van der Waals surface area (Å²) in [5.74, 6) is 0.122. The van der Waals surface area contributed by atoms with Crippen molar-refractivity contribution >= 4 is 5.91 Å². The van der Waals surface area contributed by atoms with Gasteiger partial charge in [0.15, 0.2) is 0 Å². The van der Waals surface area contributed by atoms with Gasteiger partial charge in [0.1, 0.15) is 0 Å². The minimum atomic E-state index is -0.245. The van der Waals surface area contributed by atoms with Gasteiger partial charge in [0.2, 0.25) is 5.91 Å². The highest BCUT2D eigenvalue weighted by atomic mass is 16.1. The molecule has 0 bridgehead atoms. The Morgan fingerprint density at radius 3 is 2.88 bits per heavy atom. The fraction of sp³-hybridized carbons (Fsp3) is 0.769. The van der Waals surface area contributed by atoms with Gasteiger partial charge in [-0.1, -0.05) is 11.6 Å². The van der Waals surface area contributed by atoms with Crippen LogP contribution in [0.4, 0.5) is 0 Å². The molecule has 0 heterocycles. The van der Waals surface area contributed by atoms with Gasteiger partial charge in [0.05, 0.1) is 0 Å². The number of hydrogen-bond donors (Lipinski definition) is 2. The summed E-state index contributed by atoms with van der Waals surface area (Å²) in [4.78, 5) is 11.5. The van der Waals surface area contributed by atoms with Gasteiger partial charge in [-0.2, -0.15) is 0 Å². The molecular weight excluding hydrogens is 200 g/mol. The van der Waals surface area contributed by atoms with Gasteiger partial charge in [0, 0.05) is 18.5 Å². The summed E-state index contributed by atoms with van der Waals surface area (Å²) in [6, 6.07) is 0. The number of nitrogens with two attached hydrogens (primary N) is 1. The van der Waals surface area contributed by atoms with Crippen LogP contribution in [0.3, 0.4) is 0 Å². The number of amides is 1. The summed E-state index contributed by atoms with van der Waals surface area (Å²) in [6.45, 7) is 4.67. The molecule has 0 saturated carbocycles. The second-order valence-corrected chi connectivity index (χ2v) is 5.34. The number of nitrogens with one attached hydrogen (secondary N) is 1. The number of allylic oxidation sites excluding steroid dienone is 1. The van der Waals surface area contributed by atoms with E-state index in [1.54, 1.807) is 0 Å². The zero-order valence-corrected chi connectivity index (χ0v) is 10.5. The van der Waals surface area contributed by atoms with E-state index in [4.69, 9.17) is 5.73 Å². The van der Waals surface area contributed by atoms with E-state index in [-0.39, 0.29) is 11.4 Å². The SMILES string of the molecule is CC(C)(N)CCC(=O)NCCC1=CCCC1. The van der Waals surface area contributed by atoms with Crippen LogP contribution in [-0.2, 0) is 4.79 Å². The van der Waals surface area contributed by atoms with Gasteiger partial charge in [-0.3, -0.25) is 4.79 Å². The maximum Gasteiger partial charge on any atom is 0.220 e. The van der Waals surface area contributed by atoms with Gasteiger partial charge in [-0.15, -0.1) is 0 Å². The lowest BCUT2D eigenvalue weighted by Crippen LogP contribution is -2.34. The highest BCUT2D eigenvalue weighted by Crippen LogP contribution is 2.19. The molecule has 0 spiro atoms. The average Bonchev–Trinajstić information content (AvgIpc) is 2.66. The molecule has 3 N–H and O–H groups in total. The first kappa shape index (κ1) is 13.2. The molecule has 1 aliphatic carbocycles. The Labute approximate surface area is 98.5 Å². The Morgan fingerprint density at radius 2 is 2.31 bits per heavy atom. The van der Waals surface area contributed by atoms with Crippen LogP contribution >= 0.6 is 0 Å². The fourth-order valence-electron chi connectivity index (χ4n) is 1.85. The minimum Gasteiger partial charge on any atom is -0.356 e. The Bertz CT molecular complexity index is 264. The molecule has 92 valence electrons. The van der Waals surface area contributed by atoms with E-state index in [1.165, 1.54) is 24.8 Å². The molecule has 0 unspecified atom stereocenters. The van der Waals surface area contributed by atoms with Crippen molar-refractivity contribution in [3.05, 3.63) is 11.6 Å². The Balaban J connectivity index is 2.06. The third kappa shape index (κ3) is 5.91. The van der Waals surface area contributed by atoms with Gasteiger partial charge < -0.3 is 11.1 Å². The normalized spacial score (nSPS) is 16.1. The molecule has 1 aliphatic rings. The average molecular weight is 224 g/mol. The van der Waals surface area contributed by atoms with Gasteiger partial charge >= 0.3 is 0 Å². The van der Waals surface area contributed by atoms with Crippen molar-refractivity contribution < 1.29 is 4.79 Å². The minimum absolute atomic E-state index is 0.122. The van der Waals surface area contributed by atoms with Crippen LogP contribution in [0.25, 0.3) is 0 Å². The number of hydrogen-bond acceptors (Lipinski definition) is 2. The summed E-state index contributed by atoms with van der Waals surface area (Å²) in [5, 5.41) is 2.95. The lowest BCUT2D eigenvalue weighted by atomic mass is 10.00. The van der Waals surface area contributed by atoms with Gasteiger partial charge in [-0.05, 0) is 46.0 Å². The molecule has 0 aromatic heterocycles. The molecule has 1 amide bonds. The molecule has 0 atom stereocenters. The summed E-state index contributed by atoms with van der Waals surface area (Å²) in [6.07, 6.45) is 8.29. The molecule has 1 rings (SSSR count). The zero-order valence-electron chi connectivity index (χ0n) is 10.5. The van der Waals surface area contributed by atoms with Crippen molar-refractivity contribution in [2.45, 2.75) is 57.9 Å². The van der Waals surface area contributed by atoms with E-state index in [1.807, 2.05) is 13.8 Å². The summed E-state index contributed by atoms with van der Waals surface area (Å²) in [7, 11) is 0. The first-order chi connectivity index (χ1) is 7.47. The monoisotopic (exact) mass is 224 g/mol. The molecule has 0 aromatic rings. The van der Waals surface area contributed by atoms with E-state index in [0.717, 1.165) is 19.4 Å². The molecule has 0 saturated heterocycles. The van der Waals surface area contributed by atoms with Crippen LogP contribution < -0.4 is 11.1 Å². The van der Waals surface area contributed by atoms with Crippen molar-refractivity contribution in [1.29, 1.82) is 0 Å². The van der Waals surface area contributed by atoms with E-state index in [9.17, 15) is 4.79 Å². The lowest BCUT2D eigenvalue weighted by Gasteiger charge is -2.17. The maximum absolute atomic E-state index is 11.5. The summed E-state index contributed by atoms with van der Waals surface area (Å²) >= 11 is 0. The lowest BCUT2D eigenvalue weighted by molar-refractivity contribution is -0.121. The van der Waals surface area contributed by atoms with Crippen LogP contribution in [-0.4, -0.2) is 18.0 Å². The van der Waals surface area contributed by atoms with Crippen LogP contribution in [0.15, 0.2) is 11.6 Å². The van der Waals surface area contributed by atoms with Crippen LogP contribution in [0.2, 0.25) is 0 Å². The summed E-state index contributed by atoms with van der Waals surface area (Å²) in [5.41, 5.74) is 7.08. The maximum atomic E-state index is 11.5. The highest BCUT2D eigenvalue weighted by molar-refractivity contribution is 5.75. The first-order valence-electron chi connectivity index (χ1n) is 6.21.